The summed E-state index contributed by atoms with van der Waals surface area (Å²) >= 11 is 7.08. The first-order valence-corrected chi connectivity index (χ1v) is 6.72. The second kappa shape index (κ2) is 6.61. The van der Waals surface area contributed by atoms with E-state index in [1.807, 2.05) is 19.1 Å². The summed E-state index contributed by atoms with van der Waals surface area (Å²) in [6, 6.07) is 3.85. The van der Waals surface area contributed by atoms with E-state index in [-0.39, 0.29) is 12.4 Å². The lowest BCUT2D eigenvalue weighted by atomic mass is 10.3. The normalized spacial score (nSPS) is 12.4. The second-order valence-corrected chi connectivity index (χ2v) is 5.37. The van der Waals surface area contributed by atoms with E-state index in [4.69, 9.17) is 11.6 Å². The number of hydrogen-bond acceptors (Lipinski definition) is 2. The van der Waals surface area contributed by atoms with Gasteiger partial charge in [-0.1, -0.05) is 6.92 Å². The second-order valence-electron chi connectivity index (χ2n) is 3.74. The lowest BCUT2D eigenvalue weighted by molar-refractivity contribution is -0.146. The van der Waals surface area contributed by atoms with Gasteiger partial charge >= 0.3 is 6.18 Å². The van der Waals surface area contributed by atoms with Crippen molar-refractivity contribution >= 4 is 22.9 Å². The van der Waals surface area contributed by atoms with Crippen molar-refractivity contribution in [3.63, 3.8) is 0 Å². The van der Waals surface area contributed by atoms with Crippen molar-refractivity contribution in [2.45, 2.75) is 26.1 Å². The van der Waals surface area contributed by atoms with Crippen molar-refractivity contribution < 1.29 is 13.2 Å². The van der Waals surface area contributed by atoms with E-state index in [1.54, 1.807) is 11.3 Å². The van der Waals surface area contributed by atoms with Gasteiger partial charge in [0.25, 0.3) is 0 Å². The number of rotatable bonds is 6. The molecule has 1 rings (SSSR count). The van der Waals surface area contributed by atoms with Crippen LogP contribution < -0.4 is 0 Å². The van der Waals surface area contributed by atoms with Crippen LogP contribution in [0, 0.1) is 0 Å². The van der Waals surface area contributed by atoms with Crippen LogP contribution in [0.25, 0.3) is 0 Å². The molecule has 0 aliphatic carbocycles. The van der Waals surface area contributed by atoms with Gasteiger partial charge < -0.3 is 0 Å². The minimum absolute atomic E-state index is 0.210. The third-order valence-electron chi connectivity index (χ3n) is 2.25. The third-order valence-corrected chi connectivity index (χ3v) is 3.63. The standard InChI is InChI=1S/C11H15ClF3NS/c1-2-9-3-4-10(17-9)7-16(6-5-12)8-11(13,14)15/h3-4H,2,5-8H2,1H3. The molecule has 0 N–H and O–H groups in total. The highest BCUT2D eigenvalue weighted by Crippen LogP contribution is 2.22. The van der Waals surface area contributed by atoms with Crippen molar-refractivity contribution in [1.29, 1.82) is 0 Å². The predicted octanol–water partition coefficient (Wildman–Crippen LogP) is 3.91. The van der Waals surface area contributed by atoms with Gasteiger partial charge in [-0.15, -0.1) is 22.9 Å². The molecular formula is C11H15ClF3NS. The van der Waals surface area contributed by atoms with Crippen LogP contribution >= 0.6 is 22.9 Å². The molecule has 0 aliphatic heterocycles. The SMILES string of the molecule is CCc1ccc(CN(CCCl)CC(F)(F)F)s1. The topological polar surface area (TPSA) is 3.24 Å². The number of halogens is 4. The first-order chi connectivity index (χ1) is 7.94. The van der Waals surface area contributed by atoms with Crippen LogP contribution in [0.5, 0.6) is 0 Å². The highest BCUT2D eigenvalue weighted by molar-refractivity contribution is 7.11. The number of alkyl halides is 4. The smallest absolute Gasteiger partial charge is 0.289 e. The Morgan fingerprint density at radius 2 is 1.94 bits per heavy atom. The van der Waals surface area contributed by atoms with Crippen molar-refractivity contribution in [3.05, 3.63) is 21.9 Å². The van der Waals surface area contributed by atoms with Crippen LogP contribution in [0.4, 0.5) is 13.2 Å². The number of aryl methyl sites for hydroxylation is 1. The molecule has 1 aromatic rings. The molecule has 0 saturated carbocycles. The predicted molar refractivity (Wildman–Crippen MR) is 65.7 cm³/mol. The van der Waals surface area contributed by atoms with Gasteiger partial charge in [0, 0.05) is 28.7 Å². The highest BCUT2D eigenvalue weighted by atomic mass is 35.5. The quantitative estimate of drug-likeness (QED) is 0.716. The molecule has 0 atom stereocenters. The molecule has 1 nitrogen and oxygen atoms in total. The van der Waals surface area contributed by atoms with Gasteiger partial charge in [0.05, 0.1) is 6.54 Å². The van der Waals surface area contributed by atoms with Crippen molar-refractivity contribution in [2.75, 3.05) is 19.0 Å². The van der Waals surface area contributed by atoms with E-state index in [0.717, 1.165) is 11.3 Å². The van der Waals surface area contributed by atoms with Crippen LogP contribution in [0.1, 0.15) is 16.7 Å². The minimum atomic E-state index is -4.17. The Hall–Kier alpha value is -0.260. The van der Waals surface area contributed by atoms with Crippen LogP contribution in [-0.2, 0) is 13.0 Å². The molecule has 0 radical (unpaired) electrons. The fraction of sp³-hybridized carbons (Fsp3) is 0.636. The summed E-state index contributed by atoms with van der Waals surface area (Å²) in [4.78, 5) is 3.48. The summed E-state index contributed by atoms with van der Waals surface area (Å²) in [6.07, 6.45) is -3.25. The van der Waals surface area contributed by atoms with E-state index in [2.05, 4.69) is 0 Å². The van der Waals surface area contributed by atoms with Gasteiger partial charge in [0.15, 0.2) is 0 Å². The Bertz CT molecular complexity index is 338. The molecule has 17 heavy (non-hydrogen) atoms. The van der Waals surface area contributed by atoms with Gasteiger partial charge in [-0.05, 0) is 18.6 Å². The fourth-order valence-electron chi connectivity index (χ4n) is 1.50. The molecule has 0 amide bonds. The molecule has 0 bridgehead atoms. The van der Waals surface area contributed by atoms with Crippen LogP contribution in [0.15, 0.2) is 12.1 Å². The van der Waals surface area contributed by atoms with Crippen LogP contribution in [0.3, 0.4) is 0 Å². The Morgan fingerprint density at radius 1 is 1.29 bits per heavy atom. The van der Waals surface area contributed by atoms with Crippen LogP contribution in [-0.4, -0.2) is 30.0 Å². The largest absolute Gasteiger partial charge is 0.401 e. The maximum absolute atomic E-state index is 12.3. The van der Waals surface area contributed by atoms with Crippen molar-refractivity contribution in [1.82, 2.24) is 4.90 Å². The molecule has 0 saturated heterocycles. The average molecular weight is 286 g/mol. The van der Waals surface area contributed by atoms with Crippen molar-refractivity contribution in [2.24, 2.45) is 0 Å². The Kier molecular flexibility index (Phi) is 5.76. The molecule has 0 spiro atoms. The Morgan fingerprint density at radius 3 is 2.41 bits per heavy atom. The summed E-state index contributed by atoms with van der Waals surface area (Å²) in [5.74, 6) is 0.210. The minimum Gasteiger partial charge on any atom is -0.289 e. The van der Waals surface area contributed by atoms with E-state index in [1.165, 1.54) is 9.78 Å². The van der Waals surface area contributed by atoms with E-state index >= 15 is 0 Å². The number of hydrogen-bond donors (Lipinski definition) is 0. The average Bonchev–Trinajstić information content (AvgIpc) is 2.63. The molecule has 0 aliphatic rings. The molecule has 0 unspecified atom stereocenters. The monoisotopic (exact) mass is 285 g/mol. The molecule has 1 heterocycles. The lowest BCUT2D eigenvalue weighted by Gasteiger charge is -2.21. The molecule has 0 fully saturated rings. The first kappa shape index (κ1) is 14.8. The molecule has 0 aromatic carbocycles. The van der Waals surface area contributed by atoms with Gasteiger partial charge in [-0.3, -0.25) is 4.90 Å². The lowest BCUT2D eigenvalue weighted by Crippen LogP contribution is -2.34. The molecule has 98 valence electrons. The van der Waals surface area contributed by atoms with Gasteiger partial charge in [0.1, 0.15) is 0 Å². The van der Waals surface area contributed by atoms with Crippen molar-refractivity contribution in [3.8, 4) is 0 Å². The Labute approximate surface area is 108 Å². The maximum atomic E-state index is 12.3. The first-order valence-electron chi connectivity index (χ1n) is 5.37. The fourth-order valence-corrected chi connectivity index (χ4v) is 2.74. The van der Waals surface area contributed by atoms with E-state index < -0.39 is 12.7 Å². The van der Waals surface area contributed by atoms with E-state index in [0.29, 0.717) is 6.54 Å². The Balaban J connectivity index is 2.59. The molecule has 1 aromatic heterocycles. The molecular weight excluding hydrogens is 271 g/mol. The maximum Gasteiger partial charge on any atom is 0.401 e. The van der Waals surface area contributed by atoms with Crippen LogP contribution in [0.2, 0.25) is 0 Å². The van der Waals surface area contributed by atoms with Gasteiger partial charge in [-0.2, -0.15) is 13.2 Å². The molecule has 6 heteroatoms. The summed E-state index contributed by atoms with van der Waals surface area (Å²) in [5.41, 5.74) is 0. The highest BCUT2D eigenvalue weighted by Gasteiger charge is 2.30. The number of thiophene rings is 1. The van der Waals surface area contributed by atoms with Gasteiger partial charge in [-0.25, -0.2) is 0 Å². The zero-order valence-corrected chi connectivity index (χ0v) is 11.1. The summed E-state index contributed by atoms with van der Waals surface area (Å²) in [5, 5.41) is 0. The summed E-state index contributed by atoms with van der Waals surface area (Å²) < 4.78 is 37.0. The van der Waals surface area contributed by atoms with Gasteiger partial charge in [0.2, 0.25) is 0 Å². The zero-order chi connectivity index (χ0) is 12.9. The summed E-state index contributed by atoms with van der Waals surface area (Å²) in [7, 11) is 0. The number of nitrogens with zero attached hydrogens (tertiary/aromatic N) is 1. The third kappa shape index (κ3) is 5.75. The zero-order valence-electron chi connectivity index (χ0n) is 9.56. The summed E-state index contributed by atoms with van der Waals surface area (Å²) in [6.45, 7) is 1.69. The van der Waals surface area contributed by atoms with E-state index in [9.17, 15) is 13.2 Å².